The van der Waals surface area contributed by atoms with Crippen molar-refractivity contribution < 1.29 is 44.3 Å². The summed E-state index contributed by atoms with van der Waals surface area (Å²) in [6.45, 7) is 10.1. The van der Waals surface area contributed by atoms with E-state index in [0.29, 0.717) is 6.42 Å². The van der Waals surface area contributed by atoms with E-state index >= 15 is 0 Å². The average Bonchev–Trinajstić information content (AvgIpc) is 2.70. The van der Waals surface area contributed by atoms with Gasteiger partial charge in [0.15, 0.2) is 0 Å². The number of carbonyl (C=O) groups excluding carboxylic acids is 2. The van der Waals surface area contributed by atoms with Gasteiger partial charge >= 0.3 is 29.6 Å². The molecule has 7 heteroatoms. The van der Waals surface area contributed by atoms with Crippen molar-refractivity contribution in [1.82, 2.24) is 5.32 Å². The van der Waals surface area contributed by atoms with Crippen LogP contribution < -0.4 is 45.3 Å². The molecule has 0 bridgehead atoms. The number of aliphatic imine (C=N–C) groups is 1. The number of hydrogen-bond donors (Lipinski definition) is 1. The molecule has 3 atom stereocenters. The van der Waals surface area contributed by atoms with E-state index in [1.165, 1.54) is 37.4 Å². The van der Waals surface area contributed by atoms with Crippen molar-refractivity contribution >= 4 is 31.7 Å². The number of carbonyl (C=O) groups is 2. The number of nitrogens with one attached hydrogen (secondary N) is 1. The molecule has 3 unspecified atom stereocenters. The molecular weight excluding hydrogens is 418 g/mol. The average molecular weight is 457 g/mol. The van der Waals surface area contributed by atoms with Gasteiger partial charge in [0.25, 0.3) is 5.91 Å². The largest absolute Gasteiger partial charge is 1.00 e. The fraction of sp³-hybridized carbons (Fsp3) is 0.625. The zero-order chi connectivity index (χ0) is 22.6. The van der Waals surface area contributed by atoms with E-state index in [1.807, 2.05) is 13.8 Å². The minimum atomic E-state index is -1.15. The predicted octanol–water partition coefficient (Wildman–Crippen LogP) is 1.07. The maximum Gasteiger partial charge on any atom is 1.00 e. The summed E-state index contributed by atoms with van der Waals surface area (Å²) in [5.74, 6) is -1.20. The quantitative estimate of drug-likeness (QED) is 0.248. The normalized spacial score (nSPS) is 19.2. The van der Waals surface area contributed by atoms with Crippen LogP contribution in [0.3, 0.4) is 0 Å². The van der Waals surface area contributed by atoms with Gasteiger partial charge in [0.2, 0.25) is 5.91 Å². The monoisotopic (exact) mass is 456 g/mol. The molecule has 2 rings (SSSR count). The summed E-state index contributed by atoms with van der Waals surface area (Å²) < 4.78 is 0. The molecule has 1 heterocycles. The fourth-order valence-electron chi connectivity index (χ4n) is 3.85. The van der Waals surface area contributed by atoms with Crippen molar-refractivity contribution in [2.75, 3.05) is 6.16 Å². The van der Waals surface area contributed by atoms with Gasteiger partial charge in [0, 0.05) is 0 Å². The zero-order valence-corrected chi connectivity index (χ0v) is 23.2. The summed E-state index contributed by atoms with van der Waals surface area (Å²) in [5.41, 5.74) is 0.311. The van der Waals surface area contributed by atoms with Gasteiger partial charge < -0.3 is 10.4 Å². The summed E-state index contributed by atoms with van der Waals surface area (Å²) in [7, 11) is 1.01. The van der Waals surface area contributed by atoms with Crippen molar-refractivity contribution in [2.45, 2.75) is 79.6 Å². The maximum atomic E-state index is 11.9. The van der Waals surface area contributed by atoms with Gasteiger partial charge in [-0.3, -0.25) is 9.59 Å². The first kappa shape index (κ1) is 30.3. The van der Waals surface area contributed by atoms with Gasteiger partial charge in [-0.1, -0.05) is 86.2 Å². The molecule has 2 amide bonds. The van der Waals surface area contributed by atoms with Crippen molar-refractivity contribution in [3.63, 3.8) is 0 Å². The first-order valence-electron chi connectivity index (χ1n) is 11.2. The minimum Gasteiger partial charge on any atom is -0.846 e. The van der Waals surface area contributed by atoms with Crippen molar-refractivity contribution in [3.05, 3.63) is 29.8 Å². The van der Waals surface area contributed by atoms with Crippen molar-refractivity contribution in [1.29, 1.82) is 0 Å². The molecule has 168 valence electrons. The van der Waals surface area contributed by atoms with Gasteiger partial charge in [-0.05, 0) is 49.1 Å². The minimum absolute atomic E-state index is 0. The smallest absolute Gasteiger partial charge is 0.846 e. The summed E-state index contributed by atoms with van der Waals surface area (Å²) in [6.07, 6.45) is 8.95. The Balaban J connectivity index is 0.000000567. The molecule has 5 nitrogen and oxygen atoms in total. The van der Waals surface area contributed by atoms with Gasteiger partial charge in [0.1, 0.15) is 5.41 Å². The summed E-state index contributed by atoms with van der Waals surface area (Å²) in [6, 6.07) is 7.92. The van der Waals surface area contributed by atoms with Crippen LogP contribution in [0.15, 0.2) is 29.3 Å². The Morgan fingerprint density at radius 2 is 1.77 bits per heavy atom. The van der Waals surface area contributed by atoms with E-state index in [0.717, 1.165) is 21.4 Å². The van der Waals surface area contributed by atoms with Crippen LogP contribution in [0.1, 0.15) is 78.2 Å². The standard InChI is InChI=1S/C13H21P.C11H18N2O3.Na/c1-3-4-5-8-11-14-13-10-7-6-9-12(13)2;1-4-6-7(3)11(5-2)8(14)12-10(16)13-9(11)15;/h6-7,9-10,14H,3-5,8,11H2,1-2H3;7H,4-6H2,1-3H3,(H2,12,13,14,15,16);/q;;+1/p-1. The number of rotatable bonds is 10. The van der Waals surface area contributed by atoms with Crippen LogP contribution in [0, 0.1) is 18.3 Å². The molecular formula is C24H38N2NaO3P. The number of amides is 2. The third kappa shape index (κ3) is 8.96. The second-order valence-electron chi connectivity index (χ2n) is 7.99. The molecule has 31 heavy (non-hydrogen) atoms. The Bertz CT molecular complexity index is 727. The van der Waals surface area contributed by atoms with Gasteiger partial charge in [-0.15, -0.1) is 0 Å². The number of hydrogen-bond acceptors (Lipinski definition) is 3. The van der Waals surface area contributed by atoms with Crippen LogP contribution >= 0.6 is 8.58 Å². The molecule has 0 aliphatic carbocycles. The third-order valence-electron chi connectivity index (χ3n) is 5.82. The third-order valence-corrected chi connectivity index (χ3v) is 7.37. The Hall–Kier alpha value is -0.740. The summed E-state index contributed by atoms with van der Waals surface area (Å²) >= 11 is 0. The Kier molecular flexibility index (Phi) is 15.6. The Labute approximate surface area is 212 Å². The summed E-state index contributed by atoms with van der Waals surface area (Å²) in [4.78, 5) is 27.1. The predicted molar refractivity (Wildman–Crippen MR) is 126 cm³/mol. The van der Waals surface area contributed by atoms with Crippen LogP contribution in [0.2, 0.25) is 0 Å². The maximum absolute atomic E-state index is 11.9. The van der Waals surface area contributed by atoms with Crippen LogP contribution in [-0.2, 0) is 9.59 Å². The second-order valence-corrected chi connectivity index (χ2v) is 9.39. The molecule has 1 aliphatic heterocycles. The first-order valence-corrected chi connectivity index (χ1v) is 12.4. The molecule has 1 aromatic carbocycles. The Morgan fingerprint density at radius 1 is 1.10 bits per heavy atom. The SMILES string of the molecule is CCCC(C)C1(CC)C(=O)N=C([O-])NC1=O.CCCCCCPc1ccccc1C.[Na+]. The van der Waals surface area contributed by atoms with E-state index in [2.05, 4.69) is 48.4 Å². The van der Waals surface area contributed by atoms with Gasteiger partial charge in [-0.2, -0.15) is 0 Å². The molecule has 1 aliphatic rings. The number of amidine groups is 1. The van der Waals surface area contributed by atoms with E-state index in [1.54, 1.807) is 12.2 Å². The van der Waals surface area contributed by atoms with E-state index in [9.17, 15) is 14.7 Å². The second kappa shape index (κ2) is 16.0. The molecule has 0 aromatic heterocycles. The van der Waals surface area contributed by atoms with Crippen LogP contribution in [0.5, 0.6) is 0 Å². The number of benzene rings is 1. The molecule has 0 saturated carbocycles. The zero-order valence-electron chi connectivity index (χ0n) is 20.2. The van der Waals surface area contributed by atoms with Crippen molar-refractivity contribution in [2.24, 2.45) is 16.3 Å². The summed E-state index contributed by atoms with van der Waals surface area (Å²) in [5, 5.41) is 14.6. The number of aryl methyl sites for hydroxylation is 1. The molecule has 1 N–H and O–H groups in total. The molecule has 0 fully saturated rings. The van der Waals surface area contributed by atoms with Gasteiger partial charge in [0.05, 0.1) is 6.02 Å². The first-order chi connectivity index (χ1) is 14.3. The van der Waals surface area contributed by atoms with E-state index in [4.69, 9.17) is 0 Å². The number of unbranched alkanes of at least 4 members (excludes halogenated alkanes) is 3. The van der Waals surface area contributed by atoms with Crippen molar-refractivity contribution in [3.8, 4) is 0 Å². The van der Waals surface area contributed by atoms with Crippen LogP contribution in [-0.4, -0.2) is 24.0 Å². The molecule has 0 saturated heterocycles. The fourth-order valence-corrected chi connectivity index (χ4v) is 5.12. The van der Waals surface area contributed by atoms with E-state index in [-0.39, 0.29) is 35.5 Å². The van der Waals surface area contributed by atoms with Crippen LogP contribution in [0.4, 0.5) is 0 Å². The molecule has 0 spiro atoms. The van der Waals surface area contributed by atoms with Crippen LogP contribution in [0.25, 0.3) is 0 Å². The van der Waals surface area contributed by atoms with Gasteiger partial charge in [-0.25, -0.2) is 4.99 Å². The molecule has 0 radical (unpaired) electrons. The molecule has 1 aromatic rings. The number of nitrogens with zero attached hydrogens (tertiary/aromatic N) is 1. The Morgan fingerprint density at radius 3 is 2.32 bits per heavy atom. The van der Waals surface area contributed by atoms with E-state index < -0.39 is 23.3 Å². The topological polar surface area (TPSA) is 81.6 Å².